The second-order valence-electron chi connectivity index (χ2n) is 5.70. The number of nitrogens with zero attached hydrogens (tertiary/aromatic N) is 3. The number of rotatable bonds is 2. The SMILES string of the molecule is Cc1cc(Cl)c(C2CC(=NN=C(N)N)c3c(C)ccnc3C2)s1. The minimum atomic E-state index is -0.0484. The summed E-state index contributed by atoms with van der Waals surface area (Å²) in [6.07, 6.45) is 3.42. The summed E-state index contributed by atoms with van der Waals surface area (Å²) in [7, 11) is 0. The number of fused-ring (bicyclic) bond motifs is 1. The van der Waals surface area contributed by atoms with Gasteiger partial charge in [-0.15, -0.1) is 16.4 Å². The fourth-order valence-electron chi connectivity index (χ4n) is 2.98. The average molecular weight is 348 g/mol. The van der Waals surface area contributed by atoms with Gasteiger partial charge in [-0.1, -0.05) is 11.6 Å². The summed E-state index contributed by atoms with van der Waals surface area (Å²) in [6.45, 7) is 4.11. The van der Waals surface area contributed by atoms with Crippen molar-refractivity contribution in [3.05, 3.63) is 49.9 Å². The van der Waals surface area contributed by atoms with Crippen LogP contribution < -0.4 is 11.5 Å². The Morgan fingerprint density at radius 1 is 1.35 bits per heavy atom. The van der Waals surface area contributed by atoms with Crippen molar-refractivity contribution in [3.63, 3.8) is 0 Å². The predicted octanol–water partition coefficient (Wildman–Crippen LogP) is 3.12. The minimum absolute atomic E-state index is 0.0484. The molecule has 2 aromatic rings. The first kappa shape index (κ1) is 16.0. The Morgan fingerprint density at radius 2 is 2.13 bits per heavy atom. The number of halogens is 1. The van der Waals surface area contributed by atoms with Gasteiger partial charge in [0, 0.05) is 33.9 Å². The molecular formula is C16H18ClN5S. The second-order valence-corrected chi connectivity index (χ2v) is 7.39. The fraction of sp³-hybridized carbons (Fsp3) is 0.312. The third-order valence-electron chi connectivity index (χ3n) is 3.90. The molecule has 0 aromatic carbocycles. The van der Waals surface area contributed by atoms with Crippen LogP contribution in [0.25, 0.3) is 0 Å². The third-order valence-corrected chi connectivity index (χ3v) is 5.54. The van der Waals surface area contributed by atoms with Gasteiger partial charge in [0.15, 0.2) is 0 Å². The van der Waals surface area contributed by atoms with E-state index in [9.17, 15) is 0 Å². The van der Waals surface area contributed by atoms with E-state index in [1.54, 1.807) is 11.3 Å². The van der Waals surface area contributed by atoms with E-state index in [0.29, 0.717) is 0 Å². The maximum absolute atomic E-state index is 6.39. The van der Waals surface area contributed by atoms with Gasteiger partial charge in [0.05, 0.1) is 16.4 Å². The molecule has 1 aliphatic rings. The fourth-order valence-corrected chi connectivity index (χ4v) is 4.49. The Hall–Kier alpha value is -1.92. The zero-order chi connectivity index (χ0) is 16.6. The molecule has 0 bridgehead atoms. The summed E-state index contributed by atoms with van der Waals surface area (Å²) in [5, 5.41) is 8.93. The minimum Gasteiger partial charge on any atom is -0.369 e. The molecule has 1 unspecified atom stereocenters. The molecule has 2 heterocycles. The first-order chi connectivity index (χ1) is 11.0. The van der Waals surface area contributed by atoms with Crippen LogP contribution in [0.3, 0.4) is 0 Å². The Labute approximate surface area is 144 Å². The van der Waals surface area contributed by atoms with Gasteiger partial charge in [-0.25, -0.2) is 0 Å². The van der Waals surface area contributed by atoms with Crippen LogP contribution in [-0.2, 0) is 6.42 Å². The lowest BCUT2D eigenvalue weighted by molar-refractivity contribution is 0.689. The van der Waals surface area contributed by atoms with Crippen molar-refractivity contribution in [2.45, 2.75) is 32.6 Å². The van der Waals surface area contributed by atoms with Crippen LogP contribution in [-0.4, -0.2) is 16.7 Å². The van der Waals surface area contributed by atoms with E-state index in [1.807, 2.05) is 25.3 Å². The number of hydrogen-bond donors (Lipinski definition) is 2. The van der Waals surface area contributed by atoms with Crippen molar-refractivity contribution in [2.75, 3.05) is 0 Å². The van der Waals surface area contributed by atoms with Crippen molar-refractivity contribution in [1.82, 2.24) is 4.98 Å². The van der Waals surface area contributed by atoms with Gasteiger partial charge in [-0.2, -0.15) is 5.10 Å². The Morgan fingerprint density at radius 3 is 2.78 bits per heavy atom. The molecule has 0 saturated heterocycles. The van der Waals surface area contributed by atoms with E-state index in [4.69, 9.17) is 23.1 Å². The number of hydrogen-bond acceptors (Lipinski definition) is 4. The van der Waals surface area contributed by atoms with Crippen molar-refractivity contribution >= 4 is 34.6 Å². The van der Waals surface area contributed by atoms with Gasteiger partial charge >= 0.3 is 0 Å². The zero-order valence-corrected chi connectivity index (χ0v) is 14.6. The monoisotopic (exact) mass is 347 g/mol. The molecule has 1 aliphatic carbocycles. The van der Waals surface area contributed by atoms with E-state index in [1.165, 1.54) is 9.75 Å². The number of guanidine groups is 1. The highest BCUT2D eigenvalue weighted by Crippen LogP contribution is 2.40. The topological polar surface area (TPSA) is 89.6 Å². The zero-order valence-electron chi connectivity index (χ0n) is 13.0. The van der Waals surface area contributed by atoms with Crippen LogP contribution >= 0.6 is 22.9 Å². The molecule has 7 heteroatoms. The average Bonchev–Trinajstić information content (AvgIpc) is 2.83. The normalized spacial score (nSPS) is 18.7. The highest BCUT2D eigenvalue weighted by molar-refractivity contribution is 7.12. The van der Waals surface area contributed by atoms with E-state index in [-0.39, 0.29) is 11.9 Å². The Kier molecular flexibility index (Phi) is 4.37. The van der Waals surface area contributed by atoms with Crippen LogP contribution in [0.4, 0.5) is 0 Å². The number of pyridine rings is 1. The van der Waals surface area contributed by atoms with Crippen LogP contribution in [0, 0.1) is 13.8 Å². The van der Waals surface area contributed by atoms with Crippen molar-refractivity contribution in [3.8, 4) is 0 Å². The summed E-state index contributed by atoms with van der Waals surface area (Å²) < 4.78 is 0. The molecule has 4 N–H and O–H groups in total. The summed E-state index contributed by atoms with van der Waals surface area (Å²) in [6, 6.07) is 3.99. The lowest BCUT2D eigenvalue weighted by Crippen LogP contribution is -2.24. The Balaban J connectivity index is 2.08. The maximum atomic E-state index is 6.39. The highest BCUT2D eigenvalue weighted by Gasteiger charge is 2.29. The summed E-state index contributed by atoms with van der Waals surface area (Å²) >= 11 is 8.12. The molecule has 1 atom stereocenters. The van der Waals surface area contributed by atoms with Gasteiger partial charge < -0.3 is 11.5 Å². The smallest absolute Gasteiger partial charge is 0.211 e. The van der Waals surface area contributed by atoms with Gasteiger partial charge in [0.1, 0.15) is 0 Å². The number of nitrogens with two attached hydrogens (primary N) is 2. The molecule has 0 saturated carbocycles. The predicted molar refractivity (Wildman–Crippen MR) is 96.4 cm³/mol. The van der Waals surface area contributed by atoms with Gasteiger partial charge in [0.2, 0.25) is 5.96 Å². The van der Waals surface area contributed by atoms with Gasteiger partial charge in [0.25, 0.3) is 0 Å². The maximum Gasteiger partial charge on any atom is 0.211 e. The molecule has 3 rings (SSSR count). The summed E-state index contributed by atoms with van der Waals surface area (Å²) in [4.78, 5) is 6.92. The van der Waals surface area contributed by atoms with Crippen LogP contribution in [0.1, 0.15) is 38.9 Å². The van der Waals surface area contributed by atoms with E-state index in [2.05, 4.69) is 22.1 Å². The molecule has 0 spiro atoms. The molecule has 2 aromatic heterocycles. The summed E-state index contributed by atoms with van der Waals surface area (Å²) in [5.74, 6) is 0.198. The van der Waals surface area contributed by atoms with Crippen LogP contribution in [0.15, 0.2) is 28.5 Å². The molecule has 0 aliphatic heterocycles. The van der Waals surface area contributed by atoms with Crippen molar-refractivity contribution < 1.29 is 0 Å². The third kappa shape index (κ3) is 3.23. The molecular weight excluding hydrogens is 330 g/mol. The Bertz CT molecular complexity index is 805. The first-order valence-electron chi connectivity index (χ1n) is 7.32. The lowest BCUT2D eigenvalue weighted by Gasteiger charge is -2.25. The second kappa shape index (κ2) is 6.29. The van der Waals surface area contributed by atoms with E-state index < -0.39 is 0 Å². The standard InChI is InChI=1S/C16H18ClN5S/c1-8-3-4-20-12-6-10(15-11(17)5-9(2)23-15)7-13(14(8)12)21-22-16(18)19/h3-5,10H,6-7H2,1-2H3,(H4,18,19,22). The molecule has 120 valence electrons. The molecule has 0 radical (unpaired) electrons. The number of thiophene rings is 1. The number of aromatic nitrogens is 1. The largest absolute Gasteiger partial charge is 0.369 e. The molecule has 23 heavy (non-hydrogen) atoms. The van der Waals surface area contributed by atoms with E-state index in [0.717, 1.165) is 40.4 Å². The highest BCUT2D eigenvalue weighted by atomic mass is 35.5. The molecule has 5 nitrogen and oxygen atoms in total. The summed E-state index contributed by atoms with van der Waals surface area (Å²) in [5.41, 5.74) is 14.9. The van der Waals surface area contributed by atoms with Crippen molar-refractivity contribution in [2.24, 2.45) is 21.7 Å². The molecule has 0 amide bonds. The first-order valence-corrected chi connectivity index (χ1v) is 8.51. The number of aryl methyl sites for hydroxylation is 2. The van der Waals surface area contributed by atoms with Crippen LogP contribution in [0.2, 0.25) is 5.02 Å². The molecule has 0 fully saturated rings. The van der Waals surface area contributed by atoms with Gasteiger partial charge in [-0.05, 0) is 38.0 Å². The van der Waals surface area contributed by atoms with Gasteiger partial charge in [-0.3, -0.25) is 4.98 Å². The van der Waals surface area contributed by atoms with E-state index >= 15 is 0 Å². The quantitative estimate of drug-likeness (QED) is 0.497. The van der Waals surface area contributed by atoms with Crippen molar-refractivity contribution in [1.29, 1.82) is 0 Å². The lowest BCUT2D eigenvalue weighted by atomic mass is 9.83. The van der Waals surface area contributed by atoms with Crippen LogP contribution in [0.5, 0.6) is 0 Å².